The first-order chi connectivity index (χ1) is 7.13. The van der Waals surface area contributed by atoms with Gasteiger partial charge in [-0.2, -0.15) is 5.26 Å². The molecule has 1 heterocycles. The zero-order valence-corrected chi connectivity index (χ0v) is 7.87. The van der Waals surface area contributed by atoms with Crippen LogP contribution >= 0.6 is 0 Å². The van der Waals surface area contributed by atoms with Crippen LogP contribution in [-0.4, -0.2) is 0 Å². The molecule has 0 aliphatic carbocycles. The lowest BCUT2D eigenvalue weighted by molar-refractivity contribution is 0.555. The molecule has 3 nitrogen and oxygen atoms in total. The molecule has 74 valence electrons. The molecule has 0 saturated carbocycles. The predicted octanol–water partition coefficient (Wildman–Crippen LogP) is 2.11. The smallest absolute Gasteiger partial charge is 0.354 e. The maximum atomic E-state index is 13.0. The highest BCUT2D eigenvalue weighted by Crippen LogP contribution is 2.19. The second-order valence-corrected chi connectivity index (χ2v) is 3.14. The van der Waals surface area contributed by atoms with Crippen LogP contribution in [0.25, 0.3) is 11.0 Å². The highest BCUT2D eigenvalue weighted by Gasteiger charge is 2.10. The molecule has 0 spiro atoms. The summed E-state index contributed by atoms with van der Waals surface area (Å²) in [4.78, 5) is 11.3. The summed E-state index contributed by atoms with van der Waals surface area (Å²) in [7, 11) is 0. The summed E-state index contributed by atoms with van der Waals surface area (Å²) in [6.07, 6.45) is 0. The Morgan fingerprint density at radius 3 is 2.87 bits per heavy atom. The highest BCUT2D eigenvalue weighted by molar-refractivity contribution is 5.81. The van der Waals surface area contributed by atoms with Crippen molar-refractivity contribution >= 4 is 11.0 Å². The minimum absolute atomic E-state index is 0.0758. The van der Waals surface area contributed by atoms with Crippen LogP contribution in [0.2, 0.25) is 0 Å². The molecule has 1 aromatic carbocycles. The van der Waals surface area contributed by atoms with Crippen molar-refractivity contribution in [2.45, 2.75) is 6.92 Å². The van der Waals surface area contributed by atoms with Gasteiger partial charge in [0.05, 0.1) is 0 Å². The van der Waals surface area contributed by atoms with Gasteiger partial charge >= 0.3 is 5.63 Å². The van der Waals surface area contributed by atoms with Crippen LogP contribution in [0, 0.1) is 24.1 Å². The summed E-state index contributed by atoms with van der Waals surface area (Å²) < 4.78 is 17.8. The molecule has 0 saturated heterocycles. The quantitative estimate of drug-likeness (QED) is 0.616. The normalized spacial score (nSPS) is 10.2. The number of nitrogens with zero attached hydrogens (tertiary/aromatic N) is 1. The fourth-order valence-electron chi connectivity index (χ4n) is 1.45. The number of benzene rings is 1. The van der Waals surface area contributed by atoms with Gasteiger partial charge in [-0.25, -0.2) is 9.18 Å². The van der Waals surface area contributed by atoms with Crippen molar-refractivity contribution < 1.29 is 8.81 Å². The molecule has 0 radical (unpaired) electrons. The fourth-order valence-corrected chi connectivity index (χ4v) is 1.45. The number of hydrogen-bond donors (Lipinski definition) is 0. The molecule has 0 atom stereocenters. The standard InChI is InChI=1S/C11H6FNO2/c1-6-8-4-7(12)2-3-10(8)15-11(14)9(6)5-13/h2-4H,1H3. The number of nitriles is 1. The van der Waals surface area contributed by atoms with Crippen molar-refractivity contribution in [2.24, 2.45) is 0 Å². The number of halogens is 1. The zero-order valence-electron chi connectivity index (χ0n) is 7.87. The van der Waals surface area contributed by atoms with E-state index in [1.54, 1.807) is 13.0 Å². The Kier molecular flexibility index (Phi) is 2.01. The Morgan fingerprint density at radius 2 is 2.20 bits per heavy atom. The van der Waals surface area contributed by atoms with Crippen molar-refractivity contribution in [3.8, 4) is 6.07 Å². The van der Waals surface area contributed by atoms with E-state index in [0.717, 1.165) is 0 Å². The number of aryl methyl sites for hydroxylation is 1. The van der Waals surface area contributed by atoms with E-state index < -0.39 is 11.4 Å². The second-order valence-electron chi connectivity index (χ2n) is 3.14. The summed E-state index contributed by atoms with van der Waals surface area (Å²) in [6, 6.07) is 5.57. The number of fused-ring (bicyclic) bond motifs is 1. The third-order valence-electron chi connectivity index (χ3n) is 2.24. The van der Waals surface area contributed by atoms with E-state index in [1.807, 2.05) is 0 Å². The minimum Gasteiger partial charge on any atom is -0.422 e. The van der Waals surface area contributed by atoms with Gasteiger partial charge in [-0.1, -0.05) is 0 Å². The Bertz CT molecular complexity index is 637. The van der Waals surface area contributed by atoms with Gasteiger partial charge in [-0.3, -0.25) is 0 Å². The fraction of sp³-hybridized carbons (Fsp3) is 0.0909. The highest BCUT2D eigenvalue weighted by atomic mass is 19.1. The molecule has 2 rings (SSSR count). The van der Waals surface area contributed by atoms with Gasteiger partial charge in [0, 0.05) is 5.39 Å². The van der Waals surface area contributed by atoms with Gasteiger partial charge in [0.25, 0.3) is 0 Å². The van der Waals surface area contributed by atoms with Crippen LogP contribution in [0.3, 0.4) is 0 Å². The van der Waals surface area contributed by atoms with Crippen molar-refractivity contribution in [1.29, 1.82) is 5.26 Å². The van der Waals surface area contributed by atoms with E-state index in [-0.39, 0.29) is 11.1 Å². The summed E-state index contributed by atoms with van der Waals surface area (Å²) in [5, 5.41) is 9.17. The maximum Gasteiger partial charge on any atom is 0.354 e. The topological polar surface area (TPSA) is 54.0 Å². The molecular formula is C11H6FNO2. The van der Waals surface area contributed by atoms with E-state index in [0.29, 0.717) is 10.9 Å². The second kappa shape index (κ2) is 3.21. The zero-order chi connectivity index (χ0) is 11.0. The van der Waals surface area contributed by atoms with Gasteiger partial charge in [0.2, 0.25) is 0 Å². The molecule has 0 N–H and O–H groups in total. The molecule has 0 aliphatic heterocycles. The van der Waals surface area contributed by atoms with Gasteiger partial charge in [0.15, 0.2) is 0 Å². The minimum atomic E-state index is -0.686. The van der Waals surface area contributed by atoms with Crippen LogP contribution < -0.4 is 5.63 Å². The van der Waals surface area contributed by atoms with E-state index in [1.165, 1.54) is 18.2 Å². The molecule has 0 bridgehead atoms. The third-order valence-corrected chi connectivity index (χ3v) is 2.24. The Hall–Kier alpha value is -2.15. The Labute approximate surface area is 84.4 Å². The summed E-state index contributed by atoms with van der Waals surface area (Å²) >= 11 is 0. The van der Waals surface area contributed by atoms with Crippen LogP contribution in [0.15, 0.2) is 27.4 Å². The first-order valence-corrected chi connectivity index (χ1v) is 4.26. The van der Waals surface area contributed by atoms with Crippen molar-refractivity contribution in [3.63, 3.8) is 0 Å². The van der Waals surface area contributed by atoms with E-state index in [9.17, 15) is 9.18 Å². The molecule has 0 aliphatic rings. The average molecular weight is 203 g/mol. The van der Waals surface area contributed by atoms with E-state index >= 15 is 0 Å². The van der Waals surface area contributed by atoms with Crippen LogP contribution in [0.1, 0.15) is 11.1 Å². The largest absolute Gasteiger partial charge is 0.422 e. The molecule has 0 unspecified atom stereocenters. The lowest BCUT2D eigenvalue weighted by Gasteiger charge is -2.01. The van der Waals surface area contributed by atoms with E-state index in [2.05, 4.69) is 0 Å². The Morgan fingerprint density at radius 1 is 1.47 bits per heavy atom. The molecule has 2 aromatic rings. The summed E-state index contributed by atoms with van der Waals surface area (Å²) in [5.74, 6) is -0.427. The first kappa shape index (κ1) is 9.41. The van der Waals surface area contributed by atoms with Crippen LogP contribution in [-0.2, 0) is 0 Å². The Balaban J connectivity index is 3.00. The maximum absolute atomic E-state index is 13.0. The third kappa shape index (κ3) is 1.38. The molecule has 15 heavy (non-hydrogen) atoms. The van der Waals surface area contributed by atoms with E-state index in [4.69, 9.17) is 9.68 Å². The average Bonchev–Trinajstić information content (AvgIpc) is 2.20. The van der Waals surface area contributed by atoms with Gasteiger partial charge in [0.1, 0.15) is 23.0 Å². The van der Waals surface area contributed by atoms with Gasteiger partial charge in [-0.05, 0) is 30.7 Å². The monoisotopic (exact) mass is 203 g/mol. The molecule has 1 aromatic heterocycles. The van der Waals surface area contributed by atoms with Crippen LogP contribution in [0.5, 0.6) is 0 Å². The molecule has 0 amide bonds. The summed E-state index contributed by atoms with van der Waals surface area (Å²) in [5.41, 5.74) is -0.0247. The molecular weight excluding hydrogens is 197 g/mol. The van der Waals surface area contributed by atoms with Crippen molar-refractivity contribution in [3.05, 3.63) is 45.6 Å². The SMILES string of the molecule is Cc1c(C#N)c(=O)oc2ccc(F)cc12. The van der Waals surface area contributed by atoms with Crippen LogP contribution in [0.4, 0.5) is 4.39 Å². The molecule has 0 fully saturated rings. The number of hydrogen-bond acceptors (Lipinski definition) is 3. The number of rotatable bonds is 0. The van der Waals surface area contributed by atoms with Gasteiger partial charge in [-0.15, -0.1) is 0 Å². The van der Waals surface area contributed by atoms with Crippen molar-refractivity contribution in [1.82, 2.24) is 0 Å². The van der Waals surface area contributed by atoms with Crippen molar-refractivity contribution in [2.75, 3.05) is 0 Å². The molecule has 4 heteroatoms. The first-order valence-electron chi connectivity index (χ1n) is 4.26. The lowest BCUT2D eigenvalue weighted by atomic mass is 10.1. The predicted molar refractivity (Wildman–Crippen MR) is 51.9 cm³/mol. The summed E-state index contributed by atoms with van der Waals surface area (Å²) in [6.45, 7) is 1.59. The van der Waals surface area contributed by atoms with Gasteiger partial charge < -0.3 is 4.42 Å². The lowest BCUT2D eigenvalue weighted by Crippen LogP contribution is -2.06.